The molecule has 2 aromatic rings. The Kier molecular flexibility index (Phi) is 3.64. The van der Waals surface area contributed by atoms with E-state index in [9.17, 15) is 0 Å². The van der Waals surface area contributed by atoms with Crippen molar-refractivity contribution in [2.45, 2.75) is 38.9 Å². The first-order valence-electron chi connectivity index (χ1n) is 7.07. The molecule has 5 nitrogen and oxygen atoms in total. The van der Waals surface area contributed by atoms with Crippen molar-refractivity contribution in [1.29, 1.82) is 0 Å². The molecule has 2 heterocycles. The molecule has 1 saturated carbocycles. The Balaban J connectivity index is 1.58. The average Bonchev–Trinajstić information content (AvgIpc) is 2.95. The second-order valence-electron chi connectivity index (χ2n) is 5.16. The van der Waals surface area contributed by atoms with Gasteiger partial charge in [0.1, 0.15) is 0 Å². The molecule has 19 heavy (non-hydrogen) atoms. The fraction of sp³-hybridized carbons (Fsp3) is 0.571. The summed E-state index contributed by atoms with van der Waals surface area (Å²) in [6.07, 6.45) is 10.5. The highest BCUT2D eigenvalue weighted by Gasteiger charge is 2.25. The summed E-state index contributed by atoms with van der Waals surface area (Å²) in [4.78, 5) is 6.74. The summed E-state index contributed by atoms with van der Waals surface area (Å²) in [6, 6.07) is 2.68. The Hall–Kier alpha value is -1.62. The highest BCUT2D eigenvalue weighted by Crippen LogP contribution is 2.35. The Morgan fingerprint density at radius 1 is 1.42 bits per heavy atom. The van der Waals surface area contributed by atoms with Crippen molar-refractivity contribution < 1.29 is 0 Å². The van der Waals surface area contributed by atoms with Gasteiger partial charge in [0, 0.05) is 37.7 Å². The second kappa shape index (κ2) is 5.57. The third-order valence-electron chi connectivity index (χ3n) is 3.72. The summed E-state index contributed by atoms with van der Waals surface area (Å²) in [5, 5.41) is 4.25. The smallest absolute Gasteiger partial charge is 0.0951 e. The normalized spacial score (nSPS) is 15.3. The van der Waals surface area contributed by atoms with Gasteiger partial charge >= 0.3 is 0 Å². The van der Waals surface area contributed by atoms with Crippen LogP contribution in [0.2, 0.25) is 0 Å². The van der Waals surface area contributed by atoms with Crippen LogP contribution in [0.4, 0.5) is 0 Å². The fourth-order valence-corrected chi connectivity index (χ4v) is 2.39. The van der Waals surface area contributed by atoms with Crippen molar-refractivity contribution in [3.05, 3.63) is 36.7 Å². The van der Waals surface area contributed by atoms with Gasteiger partial charge in [-0.3, -0.25) is 9.58 Å². The Morgan fingerprint density at radius 3 is 3.00 bits per heavy atom. The molecular formula is C14H21N5. The van der Waals surface area contributed by atoms with Crippen molar-refractivity contribution in [2.75, 3.05) is 13.1 Å². The van der Waals surface area contributed by atoms with Crippen LogP contribution in [0.5, 0.6) is 0 Å². The van der Waals surface area contributed by atoms with Crippen molar-refractivity contribution >= 4 is 0 Å². The van der Waals surface area contributed by atoms with Gasteiger partial charge in [0.05, 0.1) is 18.6 Å². The van der Waals surface area contributed by atoms with E-state index in [0.717, 1.165) is 26.2 Å². The zero-order chi connectivity index (χ0) is 13.1. The van der Waals surface area contributed by atoms with E-state index in [0.29, 0.717) is 6.04 Å². The largest absolute Gasteiger partial charge is 0.330 e. The van der Waals surface area contributed by atoms with Crippen LogP contribution >= 0.6 is 0 Å². The van der Waals surface area contributed by atoms with E-state index >= 15 is 0 Å². The molecule has 1 aliphatic carbocycles. The maximum Gasteiger partial charge on any atom is 0.0951 e. The molecule has 102 valence electrons. The van der Waals surface area contributed by atoms with Crippen molar-refractivity contribution in [3.8, 4) is 0 Å². The maximum absolute atomic E-state index is 4.30. The summed E-state index contributed by atoms with van der Waals surface area (Å²) in [5.74, 6) is 0. The predicted octanol–water partition coefficient (Wildman–Crippen LogP) is 1.94. The first-order valence-corrected chi connectivity index (χ1v) is 7.07. The maximum atomic E-state index is 4.30. The van der Waals surface area contributed by atoms with Crippen LogP contribution in [-0.2, 0) is 13.1 Å². The number of rotatable bonds is 7. The van der Waals surface area contributed by atoms with Crippen molar-refractivity contribution in [3.63, 3.8) is 0 Å². The number of hydrogen-bond donors (Lipinski definition) is 0. The predicted molar refractivity (Wildman–Crippen MR) is 73.7 cm³/mol. The number of likely N-dealkylation sites (N-methyl/N-ethyl adjacent to an activating group) is 1. The molecule has 1 fully saturated rings. The molecule has 2 aromatic heterocycles. The van der Waals surface area contributed by atoms with E-state index in [2.05, 4.69) is 26.5 Å². The van der Waals surface area contributed by atoms with Gasteiger partial charge in [0.15, 0.2) is 0 Å². The highest BCUT2D eigenvalue weighted by atomic mass is 15.3. The molecule has 0 aliphatic heterocycles. The lowest BCUT2D eigenvalue weighted by atomic mass is 10.3. The standard InChI is InChI=1S/C14H21N5/c1-2-17(8-9-18-7-3-6-16-18)11-14-10-15-12-19(14)13-4-5-13/h3,6-7,10,12-13H,2,4-5,8-9,11H2,1H3. The minimum absolute atomic E-state index is 0.710. The number of nitrogens with zero attached hydrogens (tertiary/aromatic N) is 5. The van der Waals surface area contributed by atoms with Gasteiger partial charge in [-0.05, 0) is 25.5 Å². The molecule has 3 rings (SSSR count). The summed E-state index contributed by atoms with van der Waals surface area (Å²) in [6.45, 7) is 6.21. The molecule has 0 radical (unpaired) electrons. The molecular weight excluding hydrogens is 238 g/mol. The molecule has 0 amide bonds. The minimum Gasteiger partial charge on any atom is -0.330 e. The van der Waals surface area contributed by atoms with Crippen LogP contribution in [-0.4, -0.2) is 37.3 Å². The summed E-state index contributed by atoms with van der Waals surface area (Å²) in [7, 11) is 0. The first-order chi connectivity index (χ1) is 9.36. The van der Waals surface area contributed by atoms with E-state index in [-0.39, 0.29) is 0 Å². The van der Waals surface area contributed by atoms with Crippen LogP contribution in [0.15, 0.2) is 31.0 Å². The van der Waals surface area contributed by atoms with Gasteiger partial charge < -0.3 is 4.57 Å². The third kappa shape index (κ3) is 3.04. The number of aromatic nitrogens is 4. The van der Waals surface area contributed by atoms with Crippen molar-refractivity contribution in [2.24, 2.45) is 0 Å². The zero-order valence-corrected chi connectivity index (χ0v) is 11.4. The van der Waals surface area contributed by atoms with Gasteiger partial charge in [0.2, 0.25) is 0 Å². The van der Waals surface area contributed by atoms with Gasteiger partial charge in [-0.1, -0.05) is 6.92 Å². The third-order valence-corrected chi connectivity index (χ3v) is 3.72. The van der Waals surface area contributed by atoms with E-state index in [1.54, 1.807) is 0 Å². The minimum atomic E-state index is 0.710. The average molecular weight is 259 g/mol. The van der Waals surface area contributed by atoms with Crippen LogP contribution in [0, 0.1) is 0 Å². The topological polar surface area (TPSA) is 38.9 Å². The molecule has 5 heteroatoms. The molecule has 0 unspecified atom stereocenters. The second-order valence-corrected chi connectivity index (χ2v) is 5.16. The van der Waals surface area contributed by atoms with Gasteiger partial charge in [0.25, 0.3) is 0 Å². The molecule has 0 spiro atoms. The highest BCUT2D eigenvalue weighted by molar-refractivity contribution is 5.03. The number of hydrogen-bond acceptors (Lipinski definition) is 3. The molecule has 0 bridgehead atoms. The van der Waals surface area contributed by atoms with Crippen LogP contribution in [0.1, 0.15) is 31.5 Å². The van der Waals surface area contributed by atoms with Crippen LogP contribution in [0.3, 0.4) is 0 Å². The fourth-order valence-electron chi connectivity index (χ4n) is 2.39. The lowest BCUT2D eigenvalue weighted by Crippen LogP contribution is -2.28. The van der Waals surface area contributed by atoms with Gasteiger partial charge in [-0.2, -0.15) is 5.10 Å². The lowest BCUT2D eigenvalue weighted by molar-refractivity contribution is 0.257. The molecule has 0 saturated heterocycles. The van der Waals surface area contributed by atoms with Crippen LogP contribution < -0.4 is 0 Å². The summed E-state index contributed by atoms with van der Waals surface area (Å²) in [5.41, 5.74) is 1.34. The zero-order valence-electron chi connectivity index (χ0n) is 11.4. The molecule has 0 atom stereocenters. The quantitative estimate of drug-likeness (QED) is 0.762. The first kappa shape index (κ1) is 12.4. The SMILES string of the molecule is CCN(CCn1cccn1)Cc1cncn1C1CC1. The Labute approximate surface area is 113 Å². The van der Waals surface area contributed by atoms with E-state index < -0.39 is 0 Å². The van der Waals surface area contributed by atoms with Crippen molar-refractivity contribution in [1.82, 2.24) is 24.2 Å². The Bertz CT molecular complexity index is 498. The van der Waals surface area contributed by atoms with Gasteiger partial charge in [-0.15, -0.1) is 0 Å². The summed E-state index contributed by atoms with van der Waals surface area (Å²) < 4.78 is 4.33. The Morgan fingerprint density at radius 2 is 2.32 bits per heavy atom. The molecule has 1 aliphatic rings. The van der Waals surface area contributed by atoms with E-state index in [1.165, 1.54) is 18.5 Å². The number of imidazole rings is 1. The van der Waals surface area contributed by atoms with Crippen LogP contribution in [0.25, 0.3) is 0 Å². The van der Waals surface area contributed by atoms with Gasteiger partial charge in [-0.25, -0.2) is 4.98 Å². The monoisotopic (exact) mass is 259 g/mol. The molecule has 0 aromatic carbocycles. The molecule has 0 N–H and O–H groups in total. The van der Waals surface area contributed by atoms with E-state index in [1.807, 2.05) is 35.7 Å². The lowest BCUT2D eigenvalue weighted by Gasteiger charge is -2.21. The van der Waals surface area contributed by atoms with E-state index in [4.69, 9.17) is 0 Å². The summed E-state index contributed by atoms with van der Waals surface area (Å²) >= 11 is 0.